The Labute approximate surface area is 134 Å². The normalized spacial score (nSPS) is 21.6. The molecule has 1 unspecified atom stereocenters. The Morgan fingerprint density at radius 3 is 2.96 bits per heavy atom. The molecule has 0 aliphatic carbocycles. The van der Waals surface area contributed by atoms with Crippen LogP contribution in [0.5, 0.6) is 0 Å². The van der Waals surface area contributed by atoms with E-state index < -0.39 is 5.60 Å². The lowest BCUT2D eigenvalue weighted by Gasteiger charge is -2.38. The minimum atomic E-state index is -1.02. The minimum absolute atomic E-state index is 0.0223. The first-order chi connectivity index (χ1) is 11.0. The highest BCUT2D eigenvalue weighted by Crippen LogP contribution is 2.25. The van der Waals surface area contributed by atoms with Crippen molar-refractivity contribution < 1.29 is 14.4 Å². The van der Waals surface area contributed by atoms with Crippen molar-refractivity contribution >= 4 is 5.91 Å². The number of hydrogen-bond acceptors (Lipinski definition) is 6. The Morgan fingerprint density at radius 2 is 2.30 bits per heavy atom. The Kier molecular flexibility index (Phi) is 4.16. The van der Waals surface area contributed by atoms with Crippen LogP contribution in [0.15, 0.2) is 16.9 Å². The Balaban J connectivity index is 1.65. The fourth-order valence-electron chi connectivity index (χ4n) is 2.98. The van der Waals surface area contributed by atoms with Gasteiger partial charge < -0.3 is 19.1 Å². The fraction of sp³-hybridized carbons (Fsp3) is 0.600. The van der Waals surface area contributed by atoms with Gasteiger partial charge in [-0.2, -0.15) is 4.98 Å². The van der Waals surface area contributed by atoms with Crippen LogP contribution in [0, 0.1) is 13.8 Å². The first-order valence-corrected chi connectivity index (χ1v) is 7.72. The van der Waals surface area contributed by atoms with Crippen molar-refractivity contribution in [2.45, 2.75) is 45.3 Å². The Morgan fingerprint density at radius 1 is 1.48 bits per heavy atom. The van der Waals surface area contributed by atoms with Crippen LogP contribution in [0.1, 0.15) is 30.4 Å². The number of piperidine rings is 1. The van der Waals surface area contributed by atoms with Crippen molar-refractivity contribution in [3.05, 3.63) is 29.9 Å². The second-order valence-electron chi connectivity index (χ2n) is 6.16. The minimum Gasteiger partial charge on any atom is -0.388 e. The van der Waals surface area contributed by atoms with Gasteiger partial charge in [-0.15, -0.1) is 0 Å². The van der Waals surface area contributed by atoms with Crippen LogP contribution in [0.3, 0.4) is 0 Å². The van der Waals surface area contributed by atoms with Gasteiger partial charge in [0.15, 0.2) is 5.82 Å². The van der Waals surface area contributed by atoms with E-state index in [9.17, 15) is 9.90 Å². The zero-order chi connectivity index (χ0) is 16.4. The van der Waals surface area contributed by atoms with Crippen molar-refractivity contribution in [1.82, 2.24) is 24.6 Å². The molecule has 0 radical (unpaired) electrons. The molecule has 1 atom stereocenters. The molecule has 2 aromatic heterocycles. The van der Waals surface area contributed by atoms with E-state index in [1.807, 2.05) is 6.92 Å². The van der Waals surface area contributed by atoms with Gasteiger partial charge in [0, 0.05) is 25.5 Å². The third kappa shape index (κ3) is 3.58. The number of imidazole rings is 1. The molecule has 1 N–H and O–H groups in total. The third-order valence-electron chi connectivity index (χ3n) is 4.19. The average molecular weight is 319 g/mol. The number of nitrogens with zero attached hydrogens (tertiary/aromatic N) is 5. The molecule has 124 valence electrons. The van der Waals surface area contributed by atoms with E-state index >= 15 is 0 Å². The number of β-amino-alcohol motifs (C(OH)–C–C–N with tert-alkyl or cyclic N) is 1. The van der Waals surface area contributed by atoms with E-state index in [-0.39, 0.29) is 25.4 Å². The molecule has 1 saturated heterocycles. The van der Waals surface area contributed by atoms with Gasteiger partial charge >= 0.3 is 0 Å². The molecule has 3 rings (SSSR count). The highest BCUT2D eigenvalue weighted by atomic mass is 16.5. The van der Waals surface area contributed by atoms with E-state index in [2.05, 4.69) is 15.1 Å². The molecule has 2 aromatic rings. The first kappa shape index (κ1) is 15.7. The zero-order valence-electron chi connectivity index (χ0n) is 13.4. The molecule has 1 fully saturated rings. The summed E-state index contributed by atoms with van der Waals surface area (Å²) in [4.78, 5) is 22.4. The maximum atomic E-state index is 12.5. The summed E-state index contributed by atoms with van der Waals surface area (Å²) in [6, 6.07) is 0. The number of rotatable bonds is 4. The van der Waals surface area contributed by atoms with Gasteiger partial charge in [-0.25, -0.2) is 4.98 Å². The molecule has 1 amide bonds. The SMILES string of the molecule is Cc1noc(CC2(O)CCCN(C(=O)Cn3ccnc3C)C2)n1. The standard InChI is InChI=1S/C15H21N5O3/c1-11-17-13(23-18-11)8-15(22)4-3-6-20(10-15)14(21)9-19-7-5-16-12(19)2/h5,7,22H,3-4,6,8-10H2,1-2H3. The van der Waals surface area contributed by atoms with Crippen molar-refractivity contribution in [2.75, 3.05) is 13.1 Å². The summed E-state index contributed by atoms with van der Waals surface area (Å²) >= 11 is 0. The lowest BCUT2D eigenvalue weighted by molar-refractivity contribution is -0.139. The van der Waals surface area contributed by atoms with E-state index in [1.54, 1.807) is 28.8 Å². The molecule has 8 heteroatoms. The number of aryl methyl sites for hydroxylation is 2. The van der Waals surface area contributed by atoms with Gasteiger partial charge in [0.1, 0.15) is 12.4 Å². The smallest absolute Gasteiger partial charge is 0.242 e. The monoisotopic (exact) mass is 319 g/mol. The number of aromatic nitrogens is 4. The second-order valence-corrected chi connectivity index (χ2v) is 6.16. The summed E-state index contributed by atoms with van der Waals surface area (Å²) in [5.41, 5.74) is -1.02. The highest BCUT2D eigenvalue weighted by molar-refractivity contribution is 5.76. The van der Waals surface area contributed by atoms with Crippen molar-refractivity contribution in [2.24, 2.45) is 0 Å². The van der Waals surface area contributed by atoms with Gasteiger partial charge in [-0.05, 0) is 26.7 Å². The maximum absolute atomic E-state index is 12.5. The maximum Gasteiger partial charge on any atom is 0.242 e. The van der Waals surface area contributed by atoms with Gasteiger partial charge in [-0.3, -0.25) is 4.79 Å². The van der Waals surface area contributed by atoms with E-state index in [1.165, 1.54) is 0 Å². The molecular formula is C15H21N5O3. The van der Waals surface area contributed by atoms with E-state index in [0.717, 1.165) is 12.2 Å². The first-order valence-electron chi connectivity index (χ1n) is 7.72. The Bertz CT molecular complexity index is 695. The number of amides is 1. The molecule has 1 aliphatic rings. The number of aliphatic hydroxyl groups is 1. The molecule has 0 spiro atoms. The van der Waals surface area contributed by atoms with Crippen LogP contribution in [0.4, 0.5) is 0 Å². The topological polar surface area (TPSA) is 97.3 Å². The summed E-state index contributed by atoms with van der Waals surface area (Å²) in [7, 11) is 0. The van der Waals surface area contributed by atoms with E-state index in [4.69, 9.17) is 4.52 Å². The van der Waals surface area contributed by atoms with Gasteiger partial charge in [0.2, 0.25) is 11.8 Å². The van der Waals surface area contributed by atoms with Crippen LogP contribution >= 0.6 is 0 Å². The average Bonchev–Trinajstić information content (AvgIpc) is 3.07. The lowest BCUT2D eigenvalue weighted by atomic mass is 9.89. The number of carbonyl (C=O) groups is 1. The van der Waals surface area contributed by atoms with Crippen molar-refractivity contribution in [3.8, 4) is 0 Å². The number of carbonyl (C=O) groups excluding carboxylic acids is 1. The van der Waals surface area contributed by atoms with Crippen LogP contribution in [-0.2, 0) is 17.8 Å². The Hall–Kier alpha value is -2.22. The molecule has 0 bridgehead atoms. The summed E-state index contributed by atoms with van der Waals surface area (Å²) in [5, 5.41) is 14.5. The molecule has 3 heterocycles. The summed E-state index contributed by atoms with van der Waals surface area (Å²) < 4.78 is 6.89. The van der Waals surface area contributed by atoms with Gasteiger partial charge in [0.05, 0.1) is 12.0 Å². The molecular weight excluding hydrogens is 298 g/mol. The van der Waals surface area contributed by atoms with Crippen LogP contribution in [0.2, 0.25) is 0 Å². The second kappa shape index (κ2) is 6.11. The predicted octanol–water partition coefficient (Wildman–Crippen LogP) is 0.479. The quantitative estimate of drug-likeness (QED) is 0.880. The molecule has 23 heavy (non-hydrogen) atoms. The third-order valence-corrected chi connectivity index (χ3v) is 4.19. The van der Waals surface area contributed by atoms with Crippen LogP contribution in [-0.4, -0.2) is 54.3 Å². The fourth-order valence-corrected chi connectivity index (χ4v) is 2.98. The zero-order valence-corrected chi connectivity index (χ0v) is 13.4. The summed E-state index contributed by atoms with van der Waals surface area (Å²) in [6.45, 7) is 4.76. The molecule has 0 aromatic carbocycles. The van der Waals surface area contributed by atoms with Crippen molar-refractivity contribution in [1.29, 1.82) is 0 Å². The largest absolute Gasteiger partial charge is 0.388 e. The highest BCUT2D eigenvalue weighted by Gasteiger charge is 2.37. The van der Waals surface area contributed by atoms with Gasteiger partial charge in [0.25, 0.3) is 0 Å². The van der Waals surface area contributed by atoms with E-state index in [0.29, 0.717) is 24.7 Å². The van der Waals surface area contributed by atoms with Crippen molar-refractivity contribution in [3.63, 3.8) is 0 Å². The van der Waals surface area contributed by atoms with Crippen LogP contribution in [0.25, 0.3) is 0 Å². The molecule has 8 nitrogen and oxygen atoms in total. The number of hydrogen-bond donors (Lipinski definition) is 1. The van der Waals surface area contributed by atoms with Crippen LogP contribution < -0.4 is 0 Å². The molecule has 1 aliphatic heterocycles. The predicted molar refractivity (Wildman–Crippen MR) is 80.5 cm³/mol. The number of likely N-dealkylation sites (tertiary alicyclic amines) is 1. The van der Waals surface area contributed by atoms with Gasteiger partial charge in [-0.1, -0.05) is 5.16 Å². The lowest BCUT2D eigenvalue weighted by Crippen LogP contribution is -2.52. The summed E-state index contributed by atoms with van der Waals surface area (Å²) in [5.74, 6) is 1.73. The summed E-state index contributed by atoms with van der Waals surface area (Å²) in [6.07, 6.45) is 5.08. The molecule has 0 saturated carbocycles.